The first kappa shape index (κ1) is 31.3. The summed E-state index contributed by atoms with van der Waals surface area (Å²) < 4.78 is 51.6. The highest BCUT2D eigenvalue weighted by atomic mass is 19.4. The van der Waals surface area contributed by atoms with Crippen molar-refractivity contribution in [2.24, 2.45) is 5.41 Å². The highest BCUT2D eigenvalue weighted by molar-refractivity contribution is 5.74. The van der Waals surface area contributed by atoms with Crippen molar-refractivity contribution in [1.29, 1.82) is 0 Å². The van der Waals surface area contributed by atoms with Crippen molar-refractivity contribution >= 4 is 17.7 Å². The van der Waals surface area contributed by atoms with Crippen LogP contribution in [0.5, 0.6) is 5.88 Å². The number of nitrogens with two attached hydrogens (primary N) is 1. The van der Waals surface area contributed by atoms with E-state index in [1.165, 1.54) is 16.8 Å². The summed E-state index contributed by atoms with van der Waals surface area (Å²) in [6.07, 6.45) is -3.64. The zero-order chi connectivity index (χ0) is 32.8. The first-order valence-corrected chi connectivity index (χ1v) is 15.1. The third-order valence-corrected chi connectivity index (χ3v) is 8.89. The molecule has 1 unspecified atom stereocenters. The van der Waals surface area contributed by atoms with Crippen LogP contribution in [-0.2, 0) is 4.79 Å². The molecule has 2 aliphatic heterocycles. The first-order chi connectivity index (χ1) is 21.8. The molecule has 242 valence electrons. The van der Waals surface area contributed by atoms with Crippen molar-refractivity contribution in [1.82, 2.24) is 25.1 Å². The molecule has 2 aliphatic rings. The molecule has 0 amide bonds. The van der Waals surface area contributed by atoms with Crippen LogP contribution >= 0.6 is 0 Å². The molecule has 1 spiro atoms. The monoisotopic (exact) mass is 635 g/mol. The van der Waals surface area contributed by atoms with E-state index in [2.05, 4.69) is 20.4 Å². The Morgan fingerprint density at radius 2 is 1.76 bits per heavy atom. The number of carbonyl (C=O) groups is 1. The van der Waals surface area contributed by atoms with Gasteiger partial charge in [0.1, 0.15) is 11.9 Å². The lowest BCUT2D eigenvalue weighted by molar-refractivity contribution is -0.198. The smallest absolute Gasteiger partial charge is 0.429 e. The third kappa shape index (κ3) is 6.50. The molecule has 2 saturated heterocycles. The Bertz CT molecular complexity index is 1750. The maximum absolute atomic E-state index is 14.8. The SMILES string of the molecule is Cc1cc(C)cc(-c2ccc(C(Oc3cc(N4CCC5(CC4)CN[C@H](C(=O)O)C5)nc(N)n3)C(F)(F)F)c(-n3ccc(C)n3)c2)c1. The second-order valence-corrected chi connectivity index (χ2v) is 12.5. The van der Waals surface area contributed by atoms with Crippen LogP contribution in [0.4, 0.5) is 24.9 Å². The number of rotatable bonds is 7. The number of piperidine rings is 1. The Labute approximate surface area is 264 Å². The summed E-state index contributed by atoms with van der Waals surface area (Å²) in [6, 6.07) is 13.3. The van der Waals surface area contributed by atoms with E-state index in [9.17, 15) is 23.1 Å². The summed E-state index contributed by atoms with van der Waals surface area (Å²) in [5.74, 6) is -1.03. The van der Waals surface area contributed by atoms with Crippen LogP contribution < -0.4 is 20.7 Å². The Balaban J connectivity index is 1.31. The van der Waals surface area contributed by atoms with Crippen molar-refractivity contribution in [2.45, 2.75) is 58.4 Å². The molecule has 4 N–H and O–H groups in total. The van der Waals surface area contributed by atoms with Crippen molar-refractivity contribution in [3.8, 4) is 22.7 Å². The van der Waals surface area contributed by atoms with Crippen molar-refractivity contribution in [2.75, 3.05) is 30.3 Å². The Morgan fingerprint density at radius 1 is 1.04 bits per heavy atom. The standard InChI is InChI=1S/C33H36F3N7O3/c1-19-12-20(2)14-23(13-19)22-4-5-24(26(15-22)43-9-6-21(3)41-43)29(33(34,35)36)46-28-16-27(39-31(37)40-28)42-10-7-32(8-11-42)17-25(30(44)45)38-18-32/h4-6,9,12-16,25,29,38H,7-8,10-11,17-18H2,1-3H3,(H,44,45)(H2,37,39,40)/t25-,29?/m0/s1. The minimum absolute atomic E-state index is 0.135. The second kappa shape index (κ2) is 11.9. The van der Waals surface area contributed by atoms with Gasteiger partial charge in [-0.3, -0.25) is 4.79 Å². The average molecular weight is 636 g/mol. The molecule has 0 saturated carbocycles. The molecule has 6 rings (SSSR count). The summed E-state index contributed by atoms with van der Waals surface area (Å²) in [5, 5.41) is 16.9. The molecule has 4 heterocycles. The topological polar surface area (TPSA) is 131 Å². The summed E-state index contributed by atoms with van der Waals surface area (Å²) in [7, 11) is 0. The number of carboxylic acid groups (broad SMARTS) is 1. The quantitative estimate of drug-likeness (QED) is 0.239. The van der Waals surface area contributed by atoms with E-state index in [-0.39, 0.29) is 28.5 Å². The molecule has 0 bridgehead atoms. The normalized spacial score (nSPS) is 18.6. The number of hydrogen-bond acceptors (Lipinski definition) is 8. The number of nitrogens with one attached hydrogen (secondary N) is 1. The number of nitrogens with zero attached hydrogens (tertiary/aromatic N) is 5. The highest BCUT2D eigenvalue weighted by Crippen LogP contribution is 2.43. The Morgan fingerprint density at radius 3 is 2.37 bits per heavy atom. The van der Waals surface area contributed by atoms with E-state index in [1.54, 1.807) is 31.3 Å². The lowest BCUT2D eigenvalue weighted by atomic mass is 9.76. The highest BCUT2D eigenvalue weighted by Gasteiger charge is 2.46. The van der Waals surface area contributed by atoms with Gasteiger partial charge < -0.3 is 25.8 Å². The molecule has 0 aliphatic carbocycles. The van der Waals surface area contributed by atoms with Gasteiger partial charge in [0.15, 0.2) is 0 Å². The fraction of sp³-hybridized carbons (Fsp3) is 0.394. The van der Waals surface area contributed by atoms with Gasteiger partial charge in [0.2, 0.25) is 17.9 Å². The molecule has 2 fully saturated rings. The van der Waals surface area contributed by atoms with Gasteiger partial charge in [-0.1, -0.05) is 41.5 Å². The maximum Gasteiger partial charge on any atom is 0.429 e. The minimum atomic E-state index is -4.81. The van der Waals surface area contributed by atoms with Gasteiger partial charge in [-0.25, -0.2) is 4.68 Å². The number of hydrogen-bond donors (Lipinski definition) is 3. The number of alkyl halides is 3. The third-order valence-electron chi connectivity index (χ3n) is 8.89. The average Bonchev–Trinajstić information content (AvgIpc) is 3.61. The predicted molar refractivity (Wildman–Crippen MR) is 167 cm³/mol. The molecule has 13 heteroatoms. The fourth-order valence-corrected chi connectivity index (χ4v) is 6.60. The first-order valence-electron chi connectivity index (χ1n) is 15.1. The van der Waals surface area contributed by atoms with Gasteiger partial charge in [-0.2, -0.15) is 28.2 Å². The molecular weight excluding hydrogens is 599 g/mol. The number of anilines is 2. The second-order valence-electron chi connectivity index (χ2n) is 12.5. The zero-order valence-electron chi connectivity index (χ0n) is 25.8. The molecule has 2 aromatic carbocycles. The van der Waals surface area contributed by atoms with Gasteiger partial charge >= 0.3 is 12.1 Å². The van der Waals surface area contributed by atoms with Gasteiger partial charge in [0.05, 0.1) is 11.4 Å². The molecule has 2 aromatic heterocycles. The molecule has 0 radical (unpaired) electrons. The van der Waals surface area contributed by atoms with Crippen LogP contribution in [0, 0.1) is 26.2 Å². The largest absolute Gasteiger partial charge is 0.480 e. The van der Waals surface area contributed by atoms with E-state index in [1.807, 2.05) is 36.9 Å². The number of benzene rings is 2. The molecule has 46 heavy (non-hydrogen) atoms. The van der Waals surface area contributed by atoms with Crippen LogP contribution in [0.2, 0.25) is 0 Å². The number of nitrogen functional groups attached to an aromatic ring is 1. The Kier molecular flexibility index (Phi) is 8.13. The van der Waals surface area contributed by atoms with E-state index < -0.39 is 24.3 Å². The van der Waals surface area contributed by atoms with Crippen molar-refractivity contribution in [3.05, 3.63) is 77.1 Å². The van der Waals surface area contributed by atoms with E-state index in [0.29, 0.717) is 50.4 Å². The predicted octanol–water partition coefficient (Wildman–Crippen LogP) is 5.55. The van der Waals surface area contributed by atoms with Gasteiger partial charge in [0.25, 0.3) is 0 Å². The van der Waals surface area contributed by atoms with Crippen LogP contribution in [0.25, 0.3) is 16.8 Å². The maximum atomic E-state index is 14.8. The summed E-state index contributed by atoms with van der Waals surface area (Å²) >= 11 is 0. The van der Waals surface area contributed by atoms with Gasteiger partial charge in [-0.15, -0.1) is 0 Å². The summed E-state index contributed by atoms with van der Waals surface area (Å²) in [5.41, 5.74) is 10.3. The van der Waals surface area contributed by atoms with E-state index in [0.717, 1.165) is 22.3 Å². The fourth-order valence-electron chi connectivity index (χ4n) is 6.60. The number of ether oxygens (including phenoxy) is 1. The van der Waals surface area contributed by atoms with Crippen LogP contribution in [0.1, 0.15) is 47.8 Å². The molecule has 4 aromatic rings. The molecule has 10 nitrogen and oxygen atoms in total. The van der Waals surface area contributed by atoms with Crippen LogP contribution in [-0.4, -0.2) is 62.7 Å². The zero-order valence-corrected chi connectivity index (χ0v) is 25.8. The van der Waals surface area contributed by atoms with Crippen molar-refractivity contribution in [3.63, 3.8) is 0 Å². The van der Waals surface area contributed by atoms with E-state index >= 15 is 0 Å². The Hall–Kier alpha value is -4.65. The van der Waals surface area contributed by atoms with Crippen LogP contribution in [0.15, 0.2) is 54.7 Å². The molecule has 2 atom stereocenters. The van der Waals surface area contributed by atoms with Gasteiger partial charge in [-0.05, 0) is 68.7 Å². The van der Waals surface area contributed by atoms with E-state index in [4.69, 9.17) is 10.5 Å². The number of aliphatic carboxylic acids is 1. The van der Waals surface area contributed by atoms with Crippen molar-refractivity contribution < 1.29 is 27.8 Å². The number of aryl methyl sites for hydroxylation is 3. The lowest BCUT2D eigenvalue weighted by Gasteiger charge is -2.39. The molecular formula is C33H36F3N7O3. The summed E-state index contributed by atoms with van der Waals surface area (Å²) in [6.45, 7) is 7.39. The lowest BCUT2D eigenvalue weighted by Crippen LogP contribution is -2.41. The van der Waals surface area contributed by atoms with Crippen LogP contribution in [0.3, 0.4) is 0 Å². The number of aromatic nitrogens is 4. The number of halogens is 3. The number of carboxylic acids is 1. The van der Waals surface area contributed by atoms with Gasteiger partial charge in [0, 0.05) is 37.5 Å². The summed E-state index contributed by atoms with van der Waals surface area (Å²) in [4.78, 5) is 21.7. The minimum Gasteiger partial charge on any atom is -0.480 e.